The Kier molecular flexibility index (Phi) is 6.84. The monoisotopic (exact) mass is 325 g/mol. The van der Waals surface area contributed by atoms with Crippen LogP contribution in [-0.2, 0) is 14.3 Å². The second-order valence-corrected chi connectivity index (χ2v) is 7.11. The van der Waals surface area contributed by atoms with Gasteiger partial charge in [0, 0.05) is 19.1 Å². The number of hydrogen-bond donors (Lipinski definition) is 1. The van der Waals surface area contributed by atoms with Crippen LogP contribution in [0.4, 0.5) is 0 Å². The number of ether oxygens (including phenoxy) is 1. The van der Waals surface area contributed by atoms with Crippen LogP contribution in [0.1, 0.15) is 33.1 Å². The van der Waals surface area contributed by atoms with Gasteiger partial charge in [0.25, 0.3) is 0 Å². The molecule has 1 aliphatic carbocycles. The zero-order valence-electron chi connectivity index (χ0n) is 14.7. The number of amides is 2. The van der Waals surface area contributed by atoms with Gasteiger partial charge < -0.3 is 15.0 Å². The zero-order chi connectivity index (χ0) is 16.8. The van der Waals surface area contributed by atoms with E-state index >= 15 is 0 Å². The van der Waals surface area contributed by atoms with Crippen molar-refractivity contribution in [3.05, 3.63) is 0 Å². The first kappa shape index (κ1) is 18.2. The molecular formula is C17H31N3O3. The summed E-state index contributed by atoms with van der Waals surface area (Å²) >= 11 is 0. The molecule has 2 fully saturated rings. The molecule has 1 aliphatic heterocycles. The minimum absolute atomic E-state index is 0.0215. The number of nitrogens with one attached hydrogen (secondary N) is 1. The highest BCUT2D eigenvalue weighted by Gasteiger charge is 2.28. The van der Waals surface area contributed by atoms with Gasteiger partial charge in [-0.1, -0.05) is 26.7 Å². The molecule has 1 N–H and O–H groups in total. The van der Waals surface area contributed by atoms with Crippen LogP contribution < -0.4 is 5.32 Å². The van der Waals surface area contributed by atoms with Crippen molar-refractivity contribution >= 4 is 11.8 Å². The van der Waals surface area contributed by atoms with Crippen LogP contribution in [0.15, 0.2) is 0 Å². The maximum absolute atomic E-state index is 12.2. The van der Waals surface area contributed by atoms with Crippen LogP contribution >= 0.6 is 0 Å². The Morgan fingerprint density at radius 1 is 1.17 bits per heavy atom. The smallest absolute Gasteiger partial charge is 0.236 e. The molecule has 0 spiro atoms. The summed E-state index contributed by atoms with van der Waals surface area (Å²) in [7, 11) is 1.82. The van der Waals surface area contributed by atoms with Crippen LogP contribution in [0.5, 0.6) is 0 Å². The van der Waals surface area contributed by atoms with Crippen molar-refractivity contribution < 1.29 is 14.3 Å². The van der Waals surface area contributed by atoms with Crippen molar-refractivity contribution in [1.82, 2.24) is 15.1 Å². The molecule has 2 amide bonds. The first-order chi connectivity index (χ1) is 11.0. The largest absolute Gasteiger partial charge is 0.378 e. The molecule has 6 heteroatoms. The Morgan fingerprint density at radius 2 is 1.87 bits per heavy atom. The molecule has 3 unspecified atom stereocenters. The fourth-order valence-corrected chi connectivity index (χ4v) is 3.48. The molecule has 1 heterocycles. The maximum Gasteiger partial charge on any atom is 0.236 e. The standard InChI is InChI=1S/C17H31N3O3/c1-13-5-4-6-15(14(13)2)18-16(21)11-19(3)12-17(22)20-7-9-23-10-8-20/h13-15H,4-12H2,1-3H3,(H,18,21). The molecule has 0 aromatic carbocycles. The maximum atomic E-state index is 12.2. The third-order valence-corrected chi connectivity index (χ3v) is 5.24. The van der Waals surface area contributed by atoms with Gasteiger partial charge in [0.05, 0.1) is 26.3 Å². The predicted octanol–water partition coefficient (Wildman–Crippen LogP) is 0.718. The number of carbonyl (C=O) groups excluding carboxylic acids is 2. The molecule has 0 aromatic heterocycles. The number of hydrogen-bond acceptors (Lipinski definition) is 4. The third-order valence-electron chi connectivity index (χ3n) is 5.24. The average molecular weight is 325 g/mol. The van der Waals surface area contributed by atoms with E-state index in [1.807, 2.05) is 11.9 Å². The van der Waals surface area contributed by atoms with Gasteiger partial charge in [-0.3, -0.25) is 14.5 Å². The van der Waals surface area contributed by atoms with E-state index in [-0.39, 0.29) is 30.9 Å². The lowest BCUT2D eigenvalue weighted by Crippen LogP contribution is -2.49. The van der Waals surface area contributed by atoms with Crippen molar-refractivity contribution in [3.8, 4) is 0 Å². The molecule has 1 saturated carbocycles. The third kappa shape index (κ3) is 5.46. The summed E-state index contributed by atoms with van der Waals surface area (Å²) < 4.78 is 5.25. The fraction of sp³-hybridized carbons (Fsp3) is 0.882. The number of rotatable bonds is 5. The van der Waals surface area contributed by atoms with Gasteiger partial charge >= 0.3 is 0 Å². The lowest BCUT2D eigenvalue weighted by atomic mass is 9.78. The number of carbonyl (C=O) groups is 2. The highest BCUT2D eigenvalue weighted by Crippen LogP contribution is 2.29. The molecule has 3 atom stereocenters. The second kappa shape index (κ2) is 8.64. The van der Waals surface area contributed by atoms with Gasteiger partial charge in [-0.05, 0) is 25.3 Å². The van der Waals surface area contributed by atoms with E-state index in [1.165, 1.54) is 12.8 Å². The minimum atomic E-state index is 0.0215. The Labute approximate surface area is 139 Å². The van der Waals surface area contributed by atoms with E-state index in [2.05, 4.69) is 19.2 Å². The molecule has 0 aromatic rings. The molecular weight excluding hydrogens is 294 g/mol. The van der Waals surface area contributed by atoms with E-state index < -0.39 is 0 Å². The predicted molar refractivity (Wildman–Crippen MR) is 89.0 cm³/mol. The minimum Gasteiger partial charge on any atom is -0.378 e. The molecule has 2 rings (SSSR count). The summed E-state index contributed by atoms with van der Waals surface area (Å²) in [6.07, 6.45) is 3.50. The lowest BCUT2D eigenvalue weighted by Gasteiger charge is -2.35. The first-order valence-corrected chi connectivity index (χ1v) is 8.80. The van der Waals surface area contributed by atoms with Crippen molar-refractivity contribution in [2.24, 2.45) is 11.8 Å². The van der Waals surface area contributed by atoms with Crippen LogP contribution in [0.3, 0.4) is 0 Å². The average Bonchev–Trinajstić information content (AvgIpc) is 2.52. The Morgan fingerprint density at radius 3 is 2.57 bits per heavy atom. The fourth-order valence-electron chi connectivity index (χ4n) is 3.48. The molecule has 6 nitrogen and oxygen atoms in total. The van der Waals surface area contributed by atoms with Crippen molar-refractivity contribution in [3.63, 3.8) is 0 Å². The summed E-state index contributed by atoms with van der Waals surface area (Å²) in [6.45, 7) is 7.54. The van der Waals surface area contributed by atoms with E-state index in [4.69, 9.17) is 4.74 Å². The van der Waals surface area contributed by atoms with Crippen LogP contribution in [0.2, 0.25) is 0 Å². The van der Waals surface area contributed by atoms with Crippen molar-refractivity contribution in [2.75, 3.05) is 46.4 Å². The highest BCUT2D eigenvalue weighted by molar-refractivity contribution is 5.81. The normalized spacial score (nSPS) is 28.7. The van der Waals surface area contributed by atoms with E-state index in [0.29, 0.717) is 38.1 Å². The molecule has 0 radical (unpaired) electrons. The van der Waals surface area contributed by atoms with E-state index in [0.717, 1.165) is 6.42 Å². The Bertz CT molecular complexity index is 410. The summed E-state index contributed by atoms with van der Waals surface area (Å²) in [5.74, 6) is 1.28. The SMILES string of the molecule is CC1CCCC(NC(=O)CN(C)CC(=O)N2CCOCC2)C1C. The van der Waals surface area contributed by atoms with Crippen LogP contribution in [-0.4, -0.2) is 74.1 Å². The van der Waals surface area contributed by atoms with E-state index in [1.54, 1.807) is 4.90 Å². The van der Waals surface area contributed by atoms with Gasteiger partial charge in [0.2, 0.25) is 11.8 Å². The molecule has 1 saturated heterocycles. The lowest BCUT2D eigenvalue weighted by molar-refractivity contribution is -0.136. The summed E-state index contributed by atoms with van der Waals surface area (Å²) in [6, 6.07) is 0.273. The highest BCUT2D eigenvalue weighted by atomic mass is 16.5. The number of morpholine rings is 1. The zero-order valence-corrected chi connectivity index (χ0v) is 14.7. The molecule has 2 aliphatic rings. The molecule has 0 bridgehead atoms. The van der Waals surface area contributed by atoms with Crippen LogP contribution in [0, 0.1) is 11.8 Å². The van der Waals surface area contributed by atoms with Crippen molar-refractivity contribution in [2.45, 2.75) is 39.2 Å². The molecule has 132 valence electrons. The van der Waals surface area contributed by atoms with Gasteiger partial charge in [-0.15, -0.1) is 0 Å². The van der Waals surface area contributed by atoms with Gasteiger partial charge in [-0.2, -0.15) is 0 Å². The van der Waals surface area contributed by atoms with Crippen LogP contribution in [0.25, 0.3) is 0 Å². The second-order valence-electron chi connectivity index (χ2n) is 7.11. The van der Waals surface area contributed by atoms with Gasteiger partial charge in [0.15, 0.2) is 0 Å². The van der Waals surface area contributed by atoms with Gasteiger partial charge in [0.1, 0.15) is 0 Å². The number of likely N-dealkylation sites (N-methyl/N-ethyl adjacent to an activating group) is 1. The van der Waals surface area contributed by atoms with Crippen molar-refractivity contribution in [1.29, 1.82) is 0 Å². The summed E-state index contributed by atoms with van der Waals surface area (Å²) in [5, 5.41) is 3.16. The number of nitrogens with zero attached hydrogens (tertiary/aromatic N) is 2. The van der Waals surface area contributed by atoms with E-state index in [9.17, 15) is 9.59 Å². The topological polar surface area (TPSA) is 61.9 Å². The molecule has 23 heavy (non-hydrogen) atoms. The Hall–Kier alpha value is -1.14. The summed E-state index contributed by atoms with van der Waals surface area (Å²) in [4.78, 5) is 28.0. The Balaban J connectivity index is 1.72. The summed E-state index contributed by atoms with van der Waals surface area (Å²) in [5.41, 5.74) is 0. The quantitative estimate of drug-likeness (QED) is 0.809. The first-order valence-electron chi connectivity index (χ1n) is 8.80. The van der Waals surface area contributed by atoms with Gasteiger partial charge in [-0.25, -0.2) is 0 Å².